The molecular weight excluding hydrogens is 379 g/mol. The maximum Gasteiger partial charge on any atom is 0.292 e. The SMILES string of the molecule is C[C@@H](Oc1cc(Cl)c(Cl)cc1Cl)C(=O)Nc1ccccc1[N+](=O)[O-]. The molecule has 1 atom stereocenters. The molecule has 6 nitrogen and oxygen atoms in total. The van der Waals surface area contributed by atoms with Gasteiger partial charge in [-0.15, -0.1) is 0 Å². The molecule has 0 saturated carbocycles. The first-order chi connectivity index (χ1) is 11.3. The number of anilines is 1. The number of para-hydroxylation sites is 2. The number of amides is 1. The molecule has 0 aliphatic rings. The topological polar surface area (TPSA) is 81.5 Å². The van der Waals surface area contributed by atoms with Crippen LogP contribution in [0.2, 0.25) is 15.1 Å². The van der Waals surface area contributed by atoms with Crippen molar-refractivity contribution in [1.82, 2.24) is 0 Å². The zero-order valence-corrected chi connectivity index (χ0v) is 14.5. The lowest BCUT2D eigenvalue weighted by Crippen LogP contribution is -2.30. The van der Waals surface area contributed by atoms with Crippen LogP contribution in [0.4, 0.5) is 11.4 Å². The summed E-state index contributed by atoms with van der Waals surface area (Å²) in [5, 5.41) is 14.1. The van der Waals surface area contributed by atoms with Gasteiger partial charge in [0.15, 0.2) is 6.10 Å². The van der Waals surface area contributed by atoms with Crippen LogP contribution in [0.1, 0.15) is 6.92 Å². The summed E-state index contributed by atoms with van der Waals surface area (Å²) < 4.78 is 5.46. The first kappa shape index (κ1) is 18.3. The van der Waals surface area contributed by atoms with Crippen molar-refractivity contribution in [2.24, 2.45) is 0 Å². The molecule has 9 heteroatoms. The number of ether oxygens (including phenoxy) is 1. The van der Waals surface area contributed by atoms with Crippen molar-refractivity contribution in [3.05, 3.63) is 61.6 Å². The van der Waals surface area contributed by atoms with E-state index in [0.29, 0.717) is 0 Å². The molecule has 0 radical (unpaired) electrons. The monoisotopic (exact) mass is 388 g/mol. The standard InChI is InChI=1S/C15H11Cl3N2O4/c1-8(24-14-7-10(17)9(16)6-11(14)18)15(21)19-12-4-2-3-5-13(12)20(22)23/h2-8H,1H3,(H,19,21)/t8-/m1/s1. The Kier molecular flexibility index (Phi) is 5.88. The summed E-state index contributed by atoms with van der Waals surface area (Å²) in [6.07, 6.45) is -0.973. The lowest BCUT2D eigenvalue weighted by atomic mass is 10.2. The molecular formula is C15H11Cl3N2O4. The van der Waals surface area contributed by atoms with Crippen LogP contribution in [-0.2, 0) is 4.79 Å². The van der Waals surface area contributed by atoms with Crippen molar-refractivity contribution < 1.29 is 14.5 Å². The average Bonchev–Trinajstić information content (AvgIpc) is 2.52. The van der Waals surface area contributed by atoms with E-state index in [4.69, 9.17) is 39.5 Å². The van der Waals surface area contributed by atoms with Gasteiger partial charge in [-0.25, -0.2) is 0 Å². The molecule has 126 valence electrons. The van der Waals surface area contributed by atoms with Crippen LogP contribution in [-0.4, -0.2) is 16.9 Å². The van der Waals surface area contributed by atoms with Gasteiger partial charge >= 0.3 is 0 Å². The third-order valence-electron chi connectivity index (χ3n) is 3.01. The Labute approximate surface area is 152 Å². The number of benzene rings is 2. The van der Waals surface area contributed by atoms with Crippen molar-refractivity contribution in [1.29, 1.82) is 0 Å². The second-order valence-corrected chi connectivity index (χ2v) is 5.94. The maximum atomic E-state index is 12.2. The molecule has 2 aromatic carbocycles. The van der Waals surface area contributed by atoms with Gasteiger partial charge in [0.1, 0.15) is 11.4 Å². The van der Waals surface area contributed by atoms with E-state index in [1.54, 1.807) is 6.07 Å². The summed E-state index contributed by atoms with van der Waals surface area (Å²) in [6.45, 7) is 1.48. The van der Waals surface area contributed by atoms with E-state index in [1.807, 2.05) is 0 Å². The fourth-order valence-electron chi connectivity index (χ4n) is 1.81. The summed E-state index contributed by atoms with van der Waals surface area (Å²) >= 11 is 17.7. The minimum atomic E-state index is -0.973. The lowest BCUT2D eigenvalue weighted by Gasteiger charge is -2.16. The van der Waals surface area contributed by atoms with Crippen LogP contribution in [0.3, 0.4) is 0 Å². The van der Waals surface area contributed by atoms with Gasteiger partial charge in [-0.05, 0) is 19.1 Å². The van der Waals surface area contributed by atoms with E-state index in [9.17, 15) is 14.9 Å². The van der Waals surface area contributed by atoms with Crippen LogP contribution >= 0.6 is 34.8 Å². The van der Waals surface area contributed by atoms with Gasteiger partial charge in [-0.2, -0.15) is 0 Å². The average molecular weight is 390 g/mol. The lowest BCUT2D eigenvalue weighted by molar-refractivity contribution is -0.383. The number of carbonyl (C=O) groups excluding carboxylic acids is 1. The van der Waals surface area contributed by atoms with Crippen LogP contribution in [0.5, 0.6) is 5.75 Å². The molecule has 1 N–H and O–H groups in total. The Bertz CT molecular complexity index is 798. The van der Waals surface area contributed by atoms with Gasteiger partial charge in [-0.1, -0.05) is 46.9 Å². The molecule has 0 aliphatic heterocycles. The second kappa shape index (κ2) is 7.70. The van der Waals surface area contributed by atoms with E-state index in [2.05, 4.69) is 5.32 Å². The molecule has 0 aromatic heterocycles. The maximum absolute atomic E-state index is 12.2. The molecule has 0 aliphatic carbocycles. The molecule has 0 saturated heterocycles. The van der Waals surface area contributed by atoms with Gasteiger partial charge < -0.3 is 10.1 Å². The summed E-state index contributed by atoms with van der Waals surface area (Å²) in [5.74, 6) is -0.400. The highest BCUT2D eigenvalue weighted by Crippen LogP contribution is 2.34. The number of nitro benzene ring substituents is 1. The second-order valence-electron chi connectivity index (χ2n) is 4.72. The summed E-state index contributed by atoms with van der Waals surface area (Å²) in [5.41, 5.74) is -0.145. The minimum absolute atomic E-state index is 0.0724. The van der Waals surface area contributed by atoms with Crippen LogP contribution < -0.4 is 10.1 Å². The first-order valence-electron chi connectivity index (χ1n) is 6.65. The number of rotatable bonds is 5. The normalized spacial score (nSPS) is 11.7. The van der Waals surface area contributed by atoms with E-state index >= 15 is 0 Å². The Morgan fingerprint density at radius 3 is 2.46 bits per heavy atom. The molecule has 2 aromatic rings. The third-order valence-corrected chi connectivity index (χ3v) is 4.02. The van der Waals surface area contributed by atoms with Crippen molar-refractivity contribution in [3.8, 4) is 5.75 Å². The van der Waals surface area contributed by atoms with Crippen molar-refractivity contribution in [3.63, 3.8) is 0 Å². The molecule has 2 rings (SSSR count). The van der Waals surface area contributed by atoms with E-state index in [0.717, 1.165) is 0 Å². The number of nitro groups is 1. The highest BCUT2D eigenvalue weighted by molar-refractivity contribution is 6.43. The van der Waals surface area contributed by atoms with Crippen molar-refractivity contribution >= 4 is 52.1 Å². The Balaban J connectivity index is 2.14. The summed E-state index contributed by atoms with van der Waals surface area (Å²) in [6, 6.07) is 8.58. The number of hydrogen-bond donors (Lipinski definition) is 1. The Morgan fingerprint density at radius 1 is 1.17 bits per heavy atom. The zero-order valence-electron chi connectivity index (χ0n) is 12.3. The van der Waals surface area contributed by atoms with Crippen molar-refractivity contribution in [2.45, 2.75) is 13.0 Å². The Hall–Kier alpha value is -2.02. The van der Waals surface area contributed by atoms with Crippen LogP contribution in [0, 0.1) is 10.1 Å². The van der Waals surface area contributed by atoms with Crippen LogP contribution in [0.15, 0.2) is 36.4 Å². The number of hydrogen-bond acceptors (Lipinski definition) is 4. The van der Waals surface area contributed by atoms with Gasteiger partial charge in [-0.3, -0.25) is 14.9 Å². The Morgan fingerprint density at radius 2 is 1.79 bits per heavy atom. The van der Waals surface area contributed by atoms with Gasteiger partial charge in [0.05, 0.1) is 20.0 Å². The fourth-order valence-corrected chi connectivity index (χ4v) is 2.39. The van der Waals surface area contributed by atoms with Crippen LogP contribution in [0.25, 0.3) is 0 Å². The quantitative estimate of drug-likeness (QED) is 0.445. The predicted molar refractivity (Wildman–Crippen MR) is 93.3 cm³/mol. The summed E-state index contributed by atoms with van der Waals surface area (Å²) in [7, 11) is 0. The molecule has 0 spiro atoms. The molecule has 0 fully saturated rings. The van der Waals surface area contributed by atoms with E-state index in [-0.39, 0.29) is 32.2 Å². The van der Waals surface area contributed by atoms with E-state index < -0.39 is 16.9 Å². The number of nitrogens with zero attached hydrogens (tertiary/aromatic N) is 1. The largest absolute Gasteiger partial charge is 0.479 e. The highest BCUT2D eigenvalue weighted by atomic mass is 35.5. The first-order valence-corrected chi connectivity index (χ1v) is 7.78. The van der Waals surface area contributed by atoms with Crippen molar-refractivity contribution in [2.75, 3.05) is 5.32 Å². The zero-order chi connectivity index (χ0) is 17.9. The number of carbonyl (C=O) groups is 1. The number of halogens is 3. The predicted octanol–water partition coefficient (Wildman–Crippen LogP) is 4.96. The molecule has 0 bridgehead atoms. The third kappa shape index (κ3) is 4.29. The van der Waals surface area contributed by atoms with Gasteiger partial charge in [0, 0.05) is 12.1 Å². The fraction of sp³-hybridized carbons (Fsp3) is 0.133. The minimum Gasteiger partial charge on any atom is -0.479 e. The molecule has 0 heterocycles. The van der Waals surface area contributed by atoms with Gasteiger partial charge in [0.25, 0.3) is 11.6 Å². The molecule has 24 heavy (non-hydrogen) atoms. The smallest absolute Gasteiger partial charge is 0.292 e. The number of nitrogens with one attached hydrogen (secondary N) is 1. The summed E-state index contributed by atoms with van der Waals surface area (Å²) in [4.78, 5) is 22.6. The van der Waals surface area contributed by atoms with Gasteiger partial charge in [0.2, 0.25) is 0 Å². The molecule has 1 amide bonds. The molecule has 0 unspecified atom stereocenters. The van der Waals surface area contributed by atoms with E-state index in [1.165, 1.54) is 37.3 Å². The highest BCUT2D eigenvalue weighted by Gasteiger charge is 2.21.